The molecule has 0 unspecified atom stereocenters. The first-order chi connectivity index (χ1) is 7.16. The van der Waals surface area contributed by atoms with Crippen molar-refractivity contribution < 1.29 is 14.3 Å². The largest absolute Gasteiger partial charge is 0.478 e. The van der Waals surface area contributed by atoms with E-state index in [1.165, 1.54) is 6.20 Å². The smallest absolute Gasteiger partial charge is 0.338 e. The molecule has 0 saturated carbocycles. The quantitative estimate of drug-likeness (QED) is 0.734. The molecule has 82 valence electrons. The minimum atomic E-state index is -1.28. The van der Waals surface area contributed by atoms with Crippen molar-refractivity contribution in [3.05, 3.63) is 23.6 Å². The van der Waals surface area contributed by atoms with Crippen LogP contribution in [0, 0.1) is 5.82 Å². The van der Waals surface area contributed by atoms with Crippen LogP contribution < -0.4 is 5.32 Å². The summed E-state index contributed by atoms with van der Waals surface area (Å²) in [5.41, 5.74) is -0.357. The second-order valence-electron chi connectivity index (χ2n) is 3.11. The Morgan fingerprint density at radius 2 is 2.40 bits per heavy atom. The van der Waals surface area contributed by atoms with E-state index in [0.717, 1.165) is 18.9 Å². The average Bonchev–Trinajstić information content (AvgIpc) is 2.20. The molecule has 15 heavy (non-hydrogen) atoms. The highest BCUT2D eigenvalue weighted by molar-refractivity contribution is 5.88. The molecule has 0 aliphatic heterocycles. The lowest BCUT2D eigenvalue weighted by Crippen LogP contribution is -2.09. The third-order valence-corrected chi connectivity index (χ3v) is 1.94. The number of unbranched alkanes of at least 4 members (excludes halogenated alkanes) is 1. The molecule has 0 bridgehead atoms. The summed E-state index contributed by atoms with van der Waals surface area (Å²) in [6.45, 7) is 2.60. The van der Waals surface area contributed by atoms with E-state index in [1.807, 2.05) is 6.92 Å². The Kier molecular flexibility index (Phi) is 4.03. The predicted octanol–water partition coefficient (Wildman–Crippen LogP) is 2.13. The first kappa shape index (κ1) is 11.4. The van der Waals surface area contributed by atoms with Crippen LogP contribution >= 0.6 is 0 Å². The summed E-state index contributed by atoms with van der Waals surface area (Å²) in [5.74, 6) is -2.09. The summed E-state index contributed by atoms with van der Waals surface area (Å²) in [4.78, 5) is 14.4. The number of nitrogens with one attached hydrogen (secondary N) is 1. The molecule has 0 saturated heterocycles. The van der Waals surface area contributed by atoms with Crippen LogP contribution in [0.15, 0.2) is 12.3 Å². The van der Waals surface area contributed by atoms with Gasteiger partial charge in [0.2, 0.25) is 0 Å². The fraction of sp³-hybridized carbons (Fsp3) is 0.400. The summed E-state index contributed by atoms with van der Waals surface area (Å²) < 4.78 is 13.4. The average molecular weight is 212 g/mol. The number of carbonyl (C=O) groups is 1. The van der Waals surface area contributed by atoms with Crippen molar-refractivity contribution >= 4 is 11.8 Å². The number of anilines is 1. The van der Waals surface area contributed by atoms with Crippen molar-refractivity contribution in [2.75, 3.05) is 11.9 Å². The summed E-state index contributed by atoms with van der Waals surface area (Å²) in [6, 6.07) is 1.14. The van der Waals surface area contributed by atoms with Crippen LogP contribution in [0.4, 0.5) is 10.2 Å². The second kappa shape index (κ2) is 5.29. The number of hydrogen-bond acceptors (Lipinski definition) is 3. The maximum atomic E-state index is 13.4. The zero-order valence-corrected chi connectivity index (χ0v) is 8.46. The lowest BCUT2D eigenvalue weighted by atomic mass is 10.2. The Morgan fingerprint density at radius 1 is 1.67 bits per heavy atom. The van der Waals surface area contributed by atoms with E-state index in [9.17, 15) is 9.18 Å². The monoisotopic (exact) mass is 212 g/mol. The number of pyridine rings is 1. The van der Waals surface area contributed by atoms with Gasteiger partial charge in [-0.25, -0.2) is 14.2 Å². The van der Waals surface area contributed by atoms with Crippen LogP contribution in [0.5, 0.6) is 0 Å². The summed E-state index contributed by atoms with van der Waals surface area (Å²) in [5, 5.41) is 11.4. The minimum Gasteiger partial charge on any atom is -0.478 e. The number of nitrogens with zero attached hydrogens (tertiary/aromatic N) is 1. The minimum absolute atomic E-state index is 0.00310. The Bertz CT molecular complexity index is 355. The van der Waals surface area contributed by atoms with Crippen LogP contribution in [0.2, 0.25) is 0 Å². The molecule has 1 aromatic rings. The van der Waals surface area contributed by atoms with E-state index in [-0.39, 0.29) is 11.4 Å². The van der Waals surface area contributed by atoms with Gasteiger partial charge in [-0.3, -0.25) is 0 Å². The van der Waals surface area contributed by atoms with Crippen molar-refractivity contribution in [2.24, 2.45) is 0 Å². The van der Waals surface area contributed by atoms with E-state index < -0.39 is 11.8 Å². The first-order valence-electron chi connectivity index (χ1n) is 4.78. The van der Waals surface area contributed by atoms with Gasteiger partial charge in [-0.1, -0.05) is 13.3 Å². The Labute approximate surface area is 87.1 Å². The fourth-order valence-electron chi connectivity index (χ4n) is 1.12. The Hall–Kier alpha value is -1.65. The van der Waals surface area contributed by atoms with Gasteiger partial charge in [0.1, 0.15) is 5.56 Å². The van der Waals surface area contributed by atoms with Gasteiger partial charge in [-0.05, 0) is 12.5 Å². The molecule has 0 fully saturated rings. The van der Waals surface area contributed by atoms with E-state index in [1.54, 1.807) is 0 Å². The molecule has 0 amide bonds. The molecule has 0 spiro atoms. The highest BCUT2D eigenvalue weighted by Crippen LogP contribution is 2.14. The molecule has 2 N–H and O–H groups in total. The summed E-state index contributed by atoms with van der Waals surface area (Å²) in [6.07, 6.45) is 3.15. The molecule has 0 atom stereocenters. The number of aromatic nitrogens is 1. The van der Waals surface area contributed by atoms with Gasteiger partial charge in [0, 0.05) is 12.7 Å². The number of halogens is 1. The number of rotatable bonds is 5. The van der Waals surface area contributed by atoms with Gasteiger partial charge in [0.05, 0.1) is 0 Å². The molecule has 0 aliphatic carbocycles. The molecular formula is C10H13FN2O2. The third kappa shape index (κ3) is 2.90. The fourth-order valence-corrected chi connectivity index (χ4v) is 1.12. The van der Waals surface area contributed by atoms with E-state index in [4.69, 9.17) is 5.11 Å². The molecule has 1 heterocycles. The normalized spacial score (nSPS) is 10.0. The van der Waals surface area contributed by atoms with Gasteiger partial charge in [-0.15, -0.1) is 0 Å². The van der Waals surface area contributed by atoms with Crippen LogP contribution in [0.1, 0.15) is 30.1 Å². The third-order valence-electron chi connectivity index (χ3n) is 1.94. The zero-order chi connectivity index (χ0) is 11.3. The second-order valence-corrected chi connectivity index (χ2v) is 3.11. The Morgan fingerprint density at radius 3 is 3.00 bits per heavy atom. The van der Waals surface area contributed by atoms with Crippen molar-refractivity contribution in [1.29, 1.82) is 0 Å². The topological polar surface area (TPSA) is 62.2 Å². The molecule has 1 rings (SSSR count). The molecular weight excluding hydrogens is 199 g/mol. The zero-order valence-electron chi connectivity index (χ0n) is 8.46. The first-order valence-corrected chi connectivity index (χ1v) is 4.78. The highest BCUT2D eigenvalue weighted by atomic mass is 19.1. The molecule has 5 heteroatoms. The lowest BCUT2D eigenvalue weighted by Gasteiger charge is -2.06. The van der Waals surface area contributed by atoms with Gasteiger partial charge in [-0.2, -0.15) is 0 Å². The molecule has 4 nitrogen and oxygen atoms in total. The molecule has 0 radical (unpaired) electrons. The number of aromatic carboxylic acids is 1. The van der Waals surface area contributed by atoms with Crippen molar-refractivity contribution in [1.82, 2.24) is 4.98 Å². The predicted molar refractivity (Wildman–Crippen MR) is 54.6 cm³/mol. The lowest BCUT2D eigenvalue weighted by molar-refractivity contribution is 0.0692. The van der Waals surface area contributed by atoms with Gasteiger partial charge < -0.3 is 10.4 Å². The van der Waals surface area contributed by atoms with Crippen LogP contribution in [-0.4, -0.2) is 22.6 Å². The summed E-state index contributed by atoms with van der Waals surface area (Å²) >= 11 is 0. The molecule has 0 aliphatic rings. The number of carboxylic acids is 1. The maximum absolute atomic E-state index is 13.4. The standard InChI is InChI=1S/C10H13FN2O2/c1-2-3-5-12-9-8(11)7(10(14)15)4-6-13-9/h4,6H,2-3,5H2,1H3,(H,12,13)(H,14,15). The maximum Gasteiger partial charge on any atom is 0.338 e. The van der Waals surface area contributed by atoms with Gasteiger partial charge in [0.15, 0.2) is 11.6 Å². The van der Waals surface area contributed by atoms with Crippen LogP contribution in [-0.2, 0) is 0 Å². The summed E-state index contributed by atoms with van der Waals surface area (Å²) in [7, 11) is 0. The van der Waals surface area contributed by atoms with Crippen molar-refractivity contribution in [3.8, 4) is 0 Å². The number of hydrogen-bond donors (Lipinski definition) is 2. The SMILES string of the molecule is CCCCNc1nccc(C(=O)O)c1F. The van der Waals surface area contributed by atoms with Crippen LogP contribution in [0.3, 0.4) is 0 Å². The molecule has 0 aromatic carbocycles. The van der Waals surface area contributed by atoms with E-state index >= 15 is 0 Å². The van der Waals surface area contributed by atoms with E-state index in [0.29, 0.717) is 6.54 Å². The number of carboxylic acid groups (broad SMARTS) is 1. The molecule has 1 aromatic heterocycles. The highest BCUT2D eigenvalue weighted by Gasteiger charge is 2.14. The van der Waals surface area contributed by atoms with Crippen molar-refractivity contribution in [3.63, 3.8) is 0 Å². The van der Waals surface area contributed by atoms with Crippen molar-refractivity contribution in [2.45, 2.75) is 19.8 Å². The Balaban J connectivity index is 2.80. The van der Waals surface area contributed by atoms with Gasteiger partial charge >= 0.3 is 5.97 Å². The van der Waals surface area contributed by atoms with Gasteiger partial charge in [0.25, 0.3) is 0 Å². The van der Waals surface area contributed by atoms with Crippen LogP contribution in [0.25, 0.3) is 0 Å². The van der Waals surface area contributed by atoms with E-state index in [2.05, 4.69) is 10.3 Å².